The van der Waals surface area contributed by atoms with Crippen molar-refractivity contribution in [3.05, 3.63) is 75.2 Å². The van der Waals surface area contributed by atoms with Gasteiger partial charge < -0.3 is 4.90 Å². The van der Waals surface area contributed by atoms with Gasteiger partial charge >= 0.3 is 0 Å². The molecule has 6 heteroatoms. The molecule has 142 valence electrons. The Kier molecular flexibility index (Phi) is 4.73. The van der Waals surface area contributed by atoms with E-state index in [1.54, 1.807) is 22.4 Å². The quantitative estimate of drug-likeness (QED) is 0.506. The maximum absolute atomic E-state index is 13.4. The van der Waals surface area contributed by atoms with E-state index < -0.39 is 0 Å². The molecule has 0 fully saturated rings. The number of rotatable bonds is 4. The molecular weight excluding hydrogens is 368 g/mol. The average Bonchev–Trinajstić information content (AvgIpc) is 3.33. The summed E-state index contributed by atoms with van der Waals surface area (Å²) in [4.78, 5) is 20.9. The third-order valence-electron chi connectivity index (χ3n) is 5.10. The maximum atomic E-state index is 13.4. The molecule has 0 radical (unpaired) electrons. The van der Waals surface area contributed by atoms with Crippen molar-refractivity contribution in [1.29, 1.82) is 0 Å². The number of thiophene rings is 1. The number of fused-ring (bicyclic) bond motifs is 1. The van der Waals surface area contributed by atoms with Crippen LogP contribution in [-0.4, -0.2) is 27.7 Å². The summed E-state index contributed by atoms with van der Waals surface area (Å²) in [6.45, 7) is 6.66. The summed E-state index contributed by atoms with van der Waals surface area (Å²) in [5.41, 5.74) is 5.36. The Morgan fingerprint density at radius 1 is 1.18 bits per heavy atom. The number of aryl methyl sites for hydroxylation is 2. The number of pyridine rings is 1. The van der Waals surface area contributed by atoms with E-state index in [4.69, 9.17) is 0 Å². The molecule has 0 atom stereocenters. The fraction of sp³-hybridized carbons (Fsp3) is 0.227. The van der Waals surface area contributed by atoms with E-state index in [9.17, 15) is 4.79 Å². The first-order valence-corrected chi connectivity index (χ1v) is 10.0. The zero-order valence-electron chi connectivity index (χ0n) is 16.4. The highest BCUT2D eigenvalue weighted by Gasteiger charge is 2.21. The predicted molar refractivity (Wildman–Crippen MR) is 114 cm³/mol. The van der Waals surface area contributed by atoms with Crippen molar-refractivity contribution in [3.63, 3.8) is 0 Å². The van der Waals surface area contributed by atoms with Gasteiger partial charge in [0.2, 0.25) is 0 Å². The van der Waals surface area contributed by atoms with Gasteiger partial charge in [-0.2, -0.15) is 5.10 Å². The van der Waals surface area contributed by atoms with E-state index >= 15 is 0 Å². The third kappa shape index (κ3) is 3.20. The number of hydrogen-bond donors (Lipinski definition) is 0. The molecule has 28 heavy (non-hydrogen) atoms. The van der Waals surface area contributed by atoms with E-state index in [0.29, 0.717) is 12.1 Å². The van der Waals surface area contributed by atoms with Gasteiger partial charge in [0.1, 0.15) is 0 Å². The molecule has 0 N–H and O–H groups in total. The summed E-state index contributed by atoms with van der Waals surface area (Å²) in [6.07, 6.45) is 1.75. The van der Waals surface area contributed by atoms with Crippen molar-refractivity contribution in [1.82, 2.24) is 14.8 Å². The lowest BCUT2D eigenvalue weighted by Gasteiger charge is -2.21. The van der Waals surface area contributed by atoms with Crippen LogP contribution in [0.4, 0.5) is 5.69 Å². The van der Waals surface area contributed by atoms with Gasteiger partial charge in [0.15, 0.2) is 5.65 Å². The highest BCUT2D eigenvalue weighted by atomic mass is 32.1. The number of nitrogens with zero attached hydrogens (tertiary/aromatic N) is 4. The Bertz CT molecular complexity index is 1160. The van der Waals surface area contributed by atoms with Crippen molar-refractivity contribution in [2.24, 2.45) is 0 Å². The van der Waals surface area contributed by atoms with Crippen LogP contribution in [0.5, 0.6) is 0 Å². The molecule has 3 heterocycles. The maximum Gasteiger partial charge on any atom is 0.258 e. The summed E-state index contributed by atoms with van der Waals surface area (Å²) in [7, 11) is 1.82. The molecule has 0 bridgehead atoms. The Balaban J connectivity index is 1.77. The van der Waals surface area contributed by atoms with Crippen LogP contribution < -0.4 is 4.90 Å². The van der Waals surface area contributed by atoms with Gasteiger partial charge in [-0.05, 0) is 55.5 Å². The van der Waals surface area contributed by atoms with Gasteiger partial charge in [-0.15, -0.1) is 11.3 Å². The standard InChI is InChI=1S/C22H22N4OS/c1-14-7-5-9-20(16(14)3)25(4)22(27)18-11-15(2)24-21-19(18)12-23-26(21)13-17-8-6-10-28-17/h5-12H,13H2,1-4H3. The number of anilines is 1. The van der Waals surface area contributed by atoms with Gasteiger partial charge in [0.25, 0.3) is 5.91 Å². The number of benzene rings is 1. The molecule has 0 saturated heterocycles. The molecule has 1 amide bonds. The number of carbonyl (C=O) groups is 1. The SMILES string of the molecule is Cc1cc(C(=O)N(C)c2cccc(C)c2C)c2cnn(Cc3cccs3)c2n1. The normalized spacial score (nSPS) is 11.1. The van der Waals surface area contributed by atoms with Crippen LogP contribution in [0.1, 0.15) is 32.1 Å². The van der Waals surface area contributed by atoms with Gasteiger partial charge in [-0.1, -0.05) is 18.2 Å². The van der Waals surface area contributed by atoms with Gasteiger partial charge in [-0.25, -0.2) is 9.67 Å². The first kappa shape index (κ1) is 18.4. The van der Waals surface area contributed by atoms with Gasteiger partial charge in [0.05, 0.1) is 23.7 Å². The molecule has 0 aliphatic heterocycles. The molecule has 0 aliphatic rings. The summed E-state index contributed by atoms with van der Waals surface area (Å²) >= 11 is 1.69. The first-order valence-electron chi connectivity index (χ1n) is 9.15. The fourth-order valence-electron chi connectivity index (χ4n) is 3.40. The van der Waals surface area contributed by atoms with Crippen molar-refractivity contribution < 1.29 is 4.79 Å². The van der Waals surface area contributed by atoms with Crippen molar-refractivity contribution in [2.45, 2.75) is 27.3 Å². The second-order valence-corrected chi connectivity index (χ2v) is 8.05. The fourth-order valence-corrected chi connectivity index (χ4v) is 4.09. The van der Waals surface area contributed by atoms with Crippen molar-refractivity contribution in [2.75, 3.05) is 11.9 Å². The lowest BCUT2D eigenvalue weighted by atomic mass is 10.1. The molecule has 1 aromatic carbocycles. The van der Waals surface area contributed by atoms with Crippen LogP contribution in [0.3, 0.4) is 0 Å². The van der Waals surface area contributed by atoms with Crippen molar-refractivity contribution >= 4 is 34.0 Å². The van der Waals surface area contributed by atoms with E-state index in [0.717, 1.165) is 33.5 Å². The smallest absolute Gasteiger partial charge is 0.258 e. The van der Waals surface area contributed by atoms with Crippen LogP contribution in [0, 0.1) is 20.8 Å². The van der Waals surface area contributed by atoms with Gasteiger partial charge in [0, 0.05) is 23.3 Å². The summed E-state index contributed by atoms with van der Waals surface area (Å²) in [5.74, 6) is -0.0557. The molecule has 0 aliphatic carbocycles. The largest absolute Gasteiger partial charge is 0.311 e. The number of amides is 1. The molecule has 3 aromatic heterocycles. The minimum Gasteiger partial charge on any atom is -0.311 e. The second kappa shape index (κ2) is 7.20. The Hall–Kier alpha value is -2.99. The number of carbonyl (C=O) groups excluding carboxylic acids is 1. The van der Waals surface area contributed by atoms with Crippen LogP contribution in [-0.2, 0) is 6.54 Å². The molecule has 0 unspecified atom stereocenters. The zero-order chi connectivity index (χ0) is 19.8. The molecule has 0 saturated carbocycles. The van der Waals surface area contributed by atoms with Crippen LogP contribution in [0.15, 0.2) is 48.0 Å². The van der Waals surface area contributed by atoms with Crippen LogP contribution in [0.2, 0.25) is 0 Å². The molecular formula is C22H22N4OS. The summed E-state index contributed by atoms with van der Waals surface area (Å²) in [5, 5.41) is 7.34. The Morgan fingerprint density at radius 2 is 2.00 bits per heavy atom. The number of hydrogen-bond acceptors (Lipinski definition) is 4. The minimum atomic E-state index is -0.0557. The van der Waals surface area contributed by atoms with Crippen LogP contribution in [0.25, 0.3) is 11.0 Å². The molecule has 4 rings (SSSR count). The zero-order valence-corrected chi connectivity index (χ0v) is 17.2. The molecule has 0 spiro atoms. The number of aromatic nitrogens is 3. The monoisotopic (exact) mass is 390 g/mol. The lowest BCUT2D eigenvalue weighted by Crippen LogP contribution is -2.27. The van der Waals surface area contributed by atoms with Crippen molar-refractivity contribution in [3.8, 4) is 0 Å². The van der Waals surface area contributed by atoms with E-state index in [1.807, 2.05) is 55.2 Å². The molecule has 5 nitrogen and oxygen atoms in total. The first-order chi connectivity index (χ1) is 13.5. The van der Waals surface area contributed by atoms with Gasteiger partial charge in [-0.3, -0.25) is 4.79 Å². The minimum absolute atomic E-state index is 0.0557. The topological polar surface area (TPSA) is 51.0 Å². The third-order valence-corrected chi connectivity index (χ3v) is 5.96. The summed E-state index contributed by atoms with van der Waals surface area (Å²) in [6, 6.07) is 12.0. The van der Waals surface area contributed by atoms with E-state index in [2.05, 4.69) is 29.1 Å². The lowest BCUT2D eigenvalue weighted by molar-refractivity contribution is 0.0994. The average molecular weight is 391 g/mol. The Morgan fingerprint density at radius 3 is 2.75 bits per heavy atom. The molecule has 4 aromatic rings. The van der Waals surface area contributed by atoms with Crippen LogP contribution >= 0.6 is 11.3 Å². The highest BCUT2D eigenvalue weighted by Crippen LogP contribution is 2.26. The summed E-state index contributed by atoms with van der Waals surface area (Å²) < 4.78 is 1.86. The predicted octanol–water partition coefficient (Wildman–Crippen LogP) is 4.74. The second-order valence-electron chi connectivity index (χ2n) is 7.01. The Labute approximate surface area is 168 Å². The van der Waals surface area contributed by atoms with E-state index in [1.165, 1.54) is 4.88 Å². The van der Waals surface area contributed by atoms with E-state index in [-0.39, 0.29) is 5.91 Å². The highest BCUT2D eigenvalue weighted by molar-refractivity contribution is 7.09.